The van der Waals surface area contributed by atoms with Crippen LogP contribution in [-0.4, -0.2) is 16.3 Å². The quantitative estimate of drug-likeness (QED) is 0.852. The summed E-state index contributed by atoms with van der Waals surface area (Å²) in [6.07, 6.45) is 7.97. The standard InChI is InChI=1S/C14H25N3/c1-11-14(7-9-15)12(2)17(16-11)10-8-13-5-3-4-6-13/h13H,3-10,15H2,1-2H3. The molecular weight excluding hydrogens is 210 g/mol. The second-order valence-corrected chi connectivity index (χ2v) is 5.35. The topological polar surface area (TPSA) is 43.8 Å². The molecule has 96 valence electrons. The van der Waals surface area contributed by atoms with Gasteiger partial charge in [0, 0.05) is 12.2 Å². The van der Waals surface area contributed by atoms with Gasteiger partial charge in [-0.1, -0.05) is 25.7 Å². The molecule has 17 heavy (non-hydrogen) atoms. The van der Waals surface area contributed by atoms with E-state index in [2.05, 4.69) is 23.6 Å². The molecule has 3 heteroatoms. The van der Waals surface area contributed by atoms with Crippen molar-refractivity contribution in [3.8, 4) is 0 Å². The number of aromatic nitrogens is 2. The van der Waals surface area contributed by atoms with Crippen molar-refractivity contribution in [2.45, 2.75) is 58.9 Å². The van der Waals surface area contributed by atoms with Gasteiger partial charge in [0.2, 0.25) is 0 Å². The third-order valence-corrected chi connectivity index (χ3v) is 4.15. The average molecular weight is 235 g/mol. The fourth-order valence-corrected chi connectivity index (χ4v) is 3.06. The Morgan fingerprint density at radius 1 is 1.29 bits per heavy atom. The second-order valence-electron chi connectivity index (χ2n) is 5.35. The van der Waals surface area contributed by atoms with Crippen LogP contribution in [0.3, 0.4) is 0 Å². The average Bonchev–Trinajstić information content (AvgIpc) is 2.90. The molecule has 1 saturated carbocycles. The normalized spacial score (nSPS) is 16.9. The van der Waals surface area contributed by atoms with Gasteiger partial charge in [-0.25, -0.2) is 0 Å². The van der Waals surface area contributed by atoms with Crippen LogP contribution in [0.15, 0.2) is 0 Å². The van der Waals surface area contributed by atoms with E-state index in [0.29, 0.717) is 0 Å². The molecule has 1 fully saturated rings. The summed E-state index contributed by atoms with van der Waals surface area (Å²) in [5, 5.41) is 4.65. The van der Waals surface area contributed by atoms with Crippen molar-refractivity contribution >= 4 is 0 Å². The molecule has 0 unspecified atom stereocenters. The molecule has 0 saturated heterocycles. The Kier molecular flexibility index (Phi) is 4.21. The Bertz CT molecular complexity index is 362. The van der Waals surface area contributed by atoms with Crippen molar-refractivity contribution in [3.63, 3.8) is 0 Å². The zero-order chi connectivity index (χ0) is 12.3. The molecule has 0 bridgehead atoms. The lowest BCUT2D eigenvalue weighted by Crippen LogP contribution is -2.08. The van der Waals surface area contributed by atoms with E-state index < -0.39 is 0 Å². The summed E-state index contributed by atoms with van der Waals surface area (Å²) in [6, 6.07) is 0. The van der Waals surface area contributed by atoms with E-state index in [0.717, 1.165) is 25.4 Å². The maximum atomic E-state index is 5.64. The lowest BCUT2D eigenvalue weighted by atomic mass is 10.0. The maximum Gasteiger partial charge on any atom is 0.0628 e. The highest BCUT2D eigenvalue weighted by molar-refractivity contribution is 5.24. The van der Waals surface area contributed by atoms with Crippen LogP contribution in [0.1, 0.15) is 49.1 Å². The smallest absolute Gasteiger partial charge is 0.0628 e. The van der Waals surface area contributed by atoms with E-state index in [4.69, 9.17) is 5.73 Å². The van der Waals surface area contributed by atoms with E-state index in [1.807, 2.05) is 0 Å². The predicted octanol–water partition coefficient (Wildman–Crippen LogP) is 2.58. The summed E-state index contributed by atoms with van der Waals surface area (Å²) in [6.45, 7) is 6.08. The lowest BCUT2D eigenvalue weighted by Gasteiger charge is -2.10. The first-order valence-electron chi connectivity index (χ1n) is 6.95. The van der Waals surface area contributed by atoms with Crippen molar-refractivity contribution in [2.75, 3.05) is 6.54 Å². The zero-order valence-electron chi connectivity index (χ0n) is 11.2. The third-order valence-electron chi connectivity index (χ3n) is 4.15. The highest BCUT2D eigenvalue weighted by atomic mass is 15.3. The van der Waals surface area contributed by atoms with Crippen molar-refractivity contribution in [1.82, 2.24) is 9.78 Å². The van der Waals surface area contributed by atoms with E-state index in [9.17, 15) is 0 Å². The molecule has 0 aliphatic heterocycles. The Labute approximate surface area is 104 Å². The number of hydrogen-bond acceptors (Lipinski definition) is 2. The number of hydrogen-bond donors (Lipinski definition) is 1. The maximum absolute atomic E-state index is 5.64. The van der Waals surface area contributed by atoms with Crippen LogP contribution in [-0.2, 0) is 13.0 Å². The van der Waals surface area contributed by atoms with E-state index in [1.54, 1.807) is 0 Å². The Hall–Kier alpha value is -0.830. The van der Waals surface area contributed by atoms with Gasteiger partial charge in [0.25, 0.3) is 0 Å². The van der Waals surface area contributed by atoms with Gasteiger partial charge in [0.15, 0.2) is 0 Å². The number of nitrogens with zero attached hydrogens (tertiary/aromatic N) is 2. The molecule has 0 spiro atoms. The van der Waals surface area contributed by atoms with E-state index in [1.165, 1.54) is 49.1 Å². The number of aryl methyl sites for hydroxylation is 2. The second kappa shape index (κ2) is 5.67. The van der Waals surface area contributed by atoms with Gasteiger partial charge in [-0.3, -0.25) is 4.68 Å². The molecule has 0 radical (unpaired) electrons. The highest BCUT2D eigenvalue weighted by Crippen LogP contribution is 2.28. The summed E-state index contributed by atoms with van der Waals surface area (Å²) in [7, 11) is 0. The van der Waals surface area contributed by atoms with Crippen molar-refractivity contribution < 1.29 is 0 Å². The molecule has 0 aromatic carbocycles. The number of nitrogens with two attached hydrogens (primary N) is 1. The van der Waals surface area contributed by atoms with Crippen molar-refractivity contribution in [1.29, 1.82) is 0 Å². The molecule has 1 aliphatic carbocycles. The van der Waals surface area contributed by atoms with Gasteiger partial charge in [0.05, 0.1) is 5.69 Å². The van der Waals surface area contributed by atoms with Gasteiger partial charge in [0.1, 0.15) is 0 Å². The van der Waals surface area contributed by atoms with Gasteiger partial charge >= 0.3 is 0 Å². The minimum atomic E-state index is 0.718. The molecule has 2 N–H and O–H groups in total. The van der Waals surface area contributed by atoms with Crippen LogP contribution in [0.4, 0.5) is 0 Å². The van der Waals surface area contributed by atoms with Crippen molar-refractivity contribution in [3.05, 3.63) is 17.0 Å². The fourth-order valence-electron chi connectivity index (χ4n) is 3.06. The fraction of sp³-hybridized carbons (Fsp3) is 0.786. The summed E-state index contributed by atoms with van der Waals surface area (Å²) in [5.41, 5.74) is 9.50. The van der Waals surface area contributed by atoms with Gasteiger partial charge in [-0.2, -0.15) is 5.10 Å². The zero-order valence-corrected chi connectivity index (χ0v) is 11.2. The minimum Gasteiger partial charge on any atom is -0.330 e. The summed E-state index contributed by atoms with van der Waals surface area (Å²) in [5.74, 6) is 0.942. The molecule has 0 atom stereocenters. The minimum absolute atomic E-state index is 0.718. The van der Waals surface area contributed by atoms with Gasteiger partial charge in [-0.15, -0.1) is 0 Å². The van der Waals surface area contributed by atoms with Crippen LogP contribution < -0.4 is 5.73 Å². The molecule has 1 aromatic rings. The van der Waals surface area contributed by atoms with E-state index >= 15 is 0 Å². The Morgan fingerprint density at radius 2 is 2.00 bits per heavy atom. The monoisotopic (exact) mass is 235 g/mol. The Morgan fingerprint density at radius 3 is 2.65 bits per heavy atom. The molecule has 1 aromatic heterocycles. The van der Waals surface area contributed by atoms with Gasteiger partial charge < -0.3 is 5.73 Å². The van der Waals surface area contributed by atoms with Crippen LogP contribution in [0, 0.1) is 19.8 Å². The summed E-state index contributed by atoms with van der Waals surface area (Å²) in [4.78, 5) is 0. The highest BCUT2D eigenvalue weighted by Gasteiger charge is 2.16. The van der Waals surface area contributed by atoms with Crippen LogP contribution in [0.25, 0.3) is 0 Å². The molecule has 0 amide bonds. The van der Waals surface area contributed by atoms with E-state index in [-0.39, 0.29) is 0 Å². The first kappa shape index (κ1) is 12.6. The molecule has 3 nitrogen and oxygen atoms in total. The third kappa shape index (κ3) is 2.89. The van der Waals surface area contributed by atoms with Crippen molar-refractivity contribution in [2.24, 2.45) is 11.7 Å². The van der Waals surface area contributed by atoms with Crippen LogP contribution >= 0.6 is 0 Å². The summed E-state index contributed by atoms with van der Waals surface area (Å²) >= 11 is 0. The van der Waals surface area contributed by atoms with Crippen LogP contribution in [0.2, 0.25) is 0 Å². The Balaban J connectivity index is 1.97. The SMILES string of the molecule is Cc1nn(CCC2CCCC2)c(C)c1CCN. The first-order chi connectivity index (χ1) is 8.22. The molecular formula is C14H25N3. The summed E-state index contributed by atoms with van der Waals surface area (Å²) < 4.78 is 2.19. The lowest BCUT2D eigenvalue weighted by molar-refractivity contribution is 0.434. The van der Waals surface area contributed by atoms with Gasteiger partial charge in [-0.05, 0) is 44.7 Å². The van der Waals surface area contributed by atoms with Crippen LogP contribution in [0.5, 0.6) is 0 Å². The molecule has 2 rings (SSSR count). The molecule has 1 aliphatic rings. The molecule has 1 heterocycles. The number of rotatable bonds is 5. The largest absolute Gasteiger partial charge is 0.330 e. The first-order valence-corrected chi connectivity index (χ1v) is 6.95. The predicted molar refractivity (Wildman–Crippen MR) is 71.0 cm³/mol.